The fraction of sp³-hybridized carbons (Fsp3) is 0.587. The molecule has 0 radical (unpaired) electrons. The highest BCUT2D eigenvalue weighted by molar-refractivity contribution is 8.76. The Morgan fingerprint density at radius 2 is 1.21 bits per heavy atom. The van der Waals surface area contributed by atoms with Crippen molar-refractivity contribution in [3.05, 3.63) is 59.7 Å². The van der Waals surface area contributed by atoms with Crippen molar-refractivity contribution in [3.63, 3.8) is 0 Å². The standard InChI is InChI=1S/C63H94N14O18S2/c1-34(2)25-46(68-52(84)31-76(23-20-65-37(6)79)24-21-66-38(7)80)63(95)77-22-10-11-49(77)60(92)72-47-32-96-97-33-48(62(94)75(9)50(26-35(3)4)59(91)64-8)73-61(93)54(36(5)78)74-51(83)30-67-55(87)43(27-39-12-16-41(81)17-13-39)69-56(88)44(28-40-14-18-42(82)19-15-40)70-57(89)45(29-53(85)86)71-58(47)90/h12-19,34-36,43-50,54,78,81-82H,10-11,20-33H2,1-9H3,(H,64,91)(H,65,79)(H,66,80)(H,67,87)(H,68,84)(H,69,88)(H,70,89)(H,71,90)(H,72,92)(H,73,93)(H,74,83)(H,85,86)/t36?,43-,44-,45-,46-,47-,48-,49-,50-,54-/m0/s1. The van der Waals surface area contributed by atoms with Gasteiger partial charge in [0.1, 0.15) is 65.9 Å². The minimum absolute atomic E-state index is 0.0253. The summed E-state index contributed by atoms with van der Waals surface area (Å²) in [5.41, 5.74) is 0.694. The number of aliphatic carboxylic acids is 1. The van der Waals surface area contributed by atoms with Gasteiger partial charge in [0.15, 0.2) is 0 Å². The van der Waals surface area contributed by atoms with Crippen molar-refractivity contribution in [2.24, 2.45) is 11.8 Å². The maximum Gasteiger partial charge on any atom is 0.305 e. The fourth-order valence-corrected chi connectivity index (χ4v) is 12.9. The van der Waals surface area contributed by atoms with Crippen molar-refractivity contribution >= 4 is 104 Å². The van der Waals surface area contributed by atoms with Crippen molar-refractivity contribution < 1.29 is 87.5 Å². The van der Waals surface area contributed by atoms with Gasteiger partial charge in [-0.25, -0.2) is 0 Å². The zero-order chi connectivity index (χ0) is 72.2. The Labute approximate surface area is 571 Å². The number of amides is 13. The summed E-state index contributed by atoms with van der Waals surface area (Å²) in [5.74, 6) is -13.7. The molecule has 0 aliphatic carbocycles. The first kappa shape index (κ1) is 80.7. The molecule has 10 atom stereocenters. The number of phenolic OH excluding ortho intramolecular Hbond substituents is 2. The van der Waals surface area contributed by atoms with Gasteiger partial charge < -0.3 is 88.7 Å². The van der Waals surface area contributed by atoms with Crippen molar-refractivity contribution in [2.45, 2.75) is 154 Å². The van der Waals surface area contributed by atoms with Gasteiger partial charge in [-0.05, 0) is 79.8 Å². The first-order valence-electron chi connectivity index (χ1n) is 31.8. The second kappa shape index (κ2) is 40.1. The number of nitrogens with zero attached hydrogens (tertiary/aromatic N) is 3. The maximum absolute atomic E-state index is 14.9. The predicted octanol–water partition coefficient (Wildman–Crippen LogP) is -3.13. The molecule has 15 N–H and O–H groups in total. The van der Waals surface area contributed by atoms with E-state index in [0.29, 0.717) is 11.1 Å². The molecule has 97 heavy (non-hydrogen) atoms. The largest absolute Gasteiger partial charge is 0.508 e. The SMILES string of the molecule is CNC(=O)[C@H](CC(C)C)N(C)C(=O)[C@@H]1CSSC[C@H](NC(=O)[C@@H]2CCCN2C(=O)[C@H](CC(C)C)NC(=O)CN(CCNC(C)=O)CCNC(C)=O)C(=O)N[C@@H](CC(=O)O)C(=O)N[C@@H](Cc2ccc(O)cc2)C(=O)N[C@@H](Cc2ccc(O)cc2)C(=O)NCC(=O)N[C@@H](C(C)O)C(=O)N1. The van der Waals surface area contributed by atoms with Crippen LogP contribution in [0.1, 0.15) is 91.7 Å². The first-order valence-corrected chi connectivity index (χ1v) is 34.3. The molecule has 1 unspecified atom stereocenters. The summed E-state index contributed by atoms with van der Waals surface area (Å²) in [7, 11) is 4.42. The summed E-state index contributed by atoms with van der Waals surface area (Å²) >= 11 is 0. The van der Waals surface area contributed by atoms with Gasteiger partial charge in [0.2, 0.25) is 76.8 Å². The van der Waals surface area contributed by atoms with E-state index in [1.807, 2.05) is 27.7 Å². The number of hydrogen-bond donors (Lipinski definition) is 15. The number of aliphatic hydroxyl groups is 1. The Morgan fingerprint density at radius 3 is 1.72 bits per heavy atom. The number of carbonyl (C=O) groups is 14. The van der Waals surface area contributed by atoms with E-state index in [4.69, 9.17) is 0 Å². The number of phenols is 2. The van der Waals surface area contributed by atoms with Crippen LogP contribution in [0, 0.1) is 11.8 Å². The maximum atomic E-state index is 14.9. The molecule has 2 aliphatic heterocycles. The number of likely N-dealkylation sites (tertiary alicyclic amines) is 1. The highest BCUT2D eigenvalue weighted by atomic mass is 33.1. The van der Waals surface area contributed by atoms with Crippen molar-refractivity contribution in [1.82, 2.24) is 73.2 Å². The molecule has 4 rings (SSSR count). The van der Waals surface area contributed by atoms with Gasteiger partial charge in [-0.3, -0.25) is 72.0 Å². The van der Waals surface area contributed by atoms with E-state index in [2.05, 4.69) is 58.5 Å². The van der Waals surface area contributed by atoms with E-state index >= 15 is 0 Å². The zero-order valence-electron chi connectivity index (χ0n) is 56.0. The molecule has 0 bridgehead atoms. The van der Waals surface area contributed by atoms with Gasteiger partial charge >= 0.3 is 5.97 Å². The summed E-state index contributed by atoms with van der Waals surface area (Å²) in [6.45, 7) is 10.8. The van der Waals surface area contributed by atoms with Crippen LogP contribution in [0.25, 0.3) is 0 Å². The number of rotatable bonds is 26. The smallest absolute Gasteiger partial charge is 0.305 e. The normalized spacial score (nSPS) is 21.2. The molecule has 2 aromatic rings. The number of carboxylic acids is 1. The fourth-order valence-electron chi connectivity index (χ4n) is 10.5. The monoisotopic (exact) mass is 1400 g/mol. The van der Waals surface area contributed by atoms with Gasteiger partial charge in [-0.15, -0.1) is 0 Å². The Morgan fingerprint density at radius 1 is 0.680 bits per heavy atom. The van der Waals surface area contributed by atoms with Crippen LogP contribution < -0.4 is 58.5 Å². The Balaban J connectivity index is 1.83. The average molecular weight is 1400 g/mol. The summed E-state index contributed by atoms with van der Waals surface area (Å²) in [4.78, 5) is 197. The molecule has 2 fully saturated rings. The highest BCUT2D eigenvalue weighted by Gasteiger charge is 2.41. The summed E-state index contributed by atoms with van der Waals surface area (Å²) in [6, 6.07) is -3.03. The second-order valence-corrected chi connectivity index (χ2v) is 27.2. The van der Waals surface area contributed by atoms with Crippen LogP contribution in [0.5, 0.6) is 11.5 Å². The molecule has 536 valence electrons. The predicted molar refractivity (Wildman–Crippen MR) is 357 cm³/mol. The molecular formula is C63H94N14O18S2. The minimum atomic E-state index is -2.02. The van der Waals surface area contributed by atoms with Gasteiger partial charge in [0.05, 0.1) is 25.6 Å². The molecule has 0 spiro atoms. The van der Waals surface area contributed by atoms with Gasteiger partial charge in [0.25, 0.3) is 0 Å². The van der Waals surface area contributed by atoms with Gasteiger partial charge in [-0.2, -0.15) is 0 Å². The Kier molecular flexibility index (Phi) is 33.3. The van der Waals surface area contributed by atoms with Crippen LogP contribution in [-0.2, 0) is 80.0 Å². The number of aromatic hydroxyl groups is 2. The lowest BCUT2D eigenvalue weighted by molar-refractivity contribution is -0.143. The number of hydrogen-bond acceptors (Lipinski definition) is 20. The van der Waals surface area contributed by atoms with E-state index in [9.17, 15) is 87.5 Å². The van der Waals surface area contributed by atoms with Crippen LogP contribution in [0.2, 0.25) is 0 Å². The van der Waals surface area contributed by atoms with Crippen molar-refractivity contribution in [2.75, 3.05) is 71.4 Å². The third kappa shape index (κ3) is 27.7. The van der Waals surface area contributed by atoms with Crippen molar-refractivity contribution in [3.8, 4) is 11.5 Å². The first-order chi connectivity index (χ1) is 45.8. The Hall–Kier alpha value is -8.76. The summed E-state index contributed by atoms with van der Waals surface area (Å²) in [5, 5.41) is 69.4. The van der Waals surface area contributed by atoms with Gasteiger partial charge in [-0.1, -0.05) is 73.5 Å². The quantitative estimate of drug-likeness (QED) is 0.0414. The molecule has 0 saturated carbocycles. The van der Waals surface area contributed by atoms with E-state index < -0.39 is 150 Å². The van der Waals surface area contributed by atoms with Gasteiger partial charge in [0, 0.05) is 85.0 Å². The average Bonchev–Trinajstić information content (AvgIpc) is 1.79. The lowest BCUT2D eigenvalue weighted by Crippen LogP contribution is -2.61. The third-order valence-electron chi connectivity index (χ3n) is 15.5. The molecule has 13 amide bonds. The highest BCUT2D eigenvalue weighted by Crippen LogP contribution is 2.26. The van der Waals surface area contributed by atoms with Crippen molar-refractivity contribution in [1.29, 1.82) is 0 Å². The molecule has 2 aliphatic rings. The molecule has 34 heteroatoms. The summed E-state index contributed by atoms with van der Waals surface area (Å²) < 4.78 is 0. The zero-order valence-corrected chi connectivity index (χ0v) is 57.7. The van der Waals surface area contributed by atoms with Crippen LogP contribution in [0.3, 0.4) is 0 Å². The molecular weight excluding hydrogens is 1300 g/mol. The minimum Gasteiger partial charge on any atom is -0.508 e. The van der Waals surface area contributed by atoms with E-state index in [0.717, 1.165) is 26.5 Å². The number of benzene rings is 2. The van der Waals surface area contributed by atoms with Crippen LogP contribution in [-0.4, -0.2) is 250 Å². The molecule has 2 aromatic carbocycles. The second-order valence-electron chi connectivity index (χ2n) is 24.6. The third-order valence-corrected chi connectivity index (χ3v) is 18.0. The van der Waals surface area contributed by atoms with Crippen LogP contribution >= 0.6 is 21.6 Å². The molecule has 2 saturated heterocycles. The van der Waals surface area contributed by atoms with E-state index in [-0.39, 0.29) is 119 Å². The van der Waals surface area contributed by atoms with Crippen LogP contribution in [0.15, 0.2) is 48.5 Å². The molecule has 2 heterocycles. The lowest BCUT2D eigenvalue weighted by atomic mass is 10.0. The van der Waals surface area contributed by atoms with E-state index in [1.54, 1.807) is 4.90 Å². The number of likely N-dealkylation sites (N-methyl/N-ethyl adjacent to an activating group) is 2. The lowest BCUT2D eigenvalue weighted by Gasteiger charge is -2.32. The Bertz CT molecular complexity index is 3070. The number of aliphatic hydroxyl groups excluding tert-OH is 1. The molecule has 0 aromatic heterocycles. The molecule has 32 nitrogen and oxygen atoms in total. The topological polar surface area (TPSA) is 462 Å². The van der Waals surface area contributed by atoms with E-state index in [1.165, 1.54) is 88.3 Å². The number of carboxylic acid groups (broad SMARTS) is 1. The summed E-state index contributed by atoms with van der Waals surface area (Å²) in [6.07, 6.45) is -2.84. The number of nitrogens with one attached hydrogen (secondary N) is 11. The van der Waals surface area contributed by atoms with Crippen LogP contribution in [0.4, 0.5) is 0 Å². The number of carbonyl (C=O) groups excluding carboxylic acids is 13.